The second kappa shape index (κ2) is 10.7. The molecule has 1 unspecified atom stereocenters. The lowest BCUT2D eigenvalue weighted by Crippen LogP contribution is -2.55. The number of carbonyl (C=O) groups is 1. The smallest absolute Gasteiger partial charge is 0.272 e. The Labute approximate surface area is 231 Å². The number of nitrogens with zero attached hydrogens (tertiary/aromatic N) is 5. The topological polar surface area (TPSA) is 64.1 Å². The van der Waals surface area contributed by atoms with Crippen molar-refractivity contribution >= 4 is 63.7 Å². The lowest BCUT2D eigenvalue weighted by atomic mass is 10.00. The predicted molar refractivity (Wildman–Crippen MR) is 154 cm³/mol. The molecule has 0 saturated carbocycles. The van der Waals surface area contributed by atoms with Gasteiger partial charge in [-0.05, 0) is 55.5 Å². The number of hydrogen-bond donors (Lipinski definition) is 1. The third-order valence-corrected chi connectivity index (χ3v) is 7.49. The van der Waals surface area contributed by atoms with E-state index in [1.807, 2.05) is 55.5 Å². The van der Waals surface area contributed by atoms with Gasteiger partial charge < -0.3 is 20.0 Å². The molecule has 0 bridgehead atoms. The average molecular weight is 554 g/mol. The predicted octanol–water partition coefficient (Wildman–Crippen LogP) is 4.53. The Bertz CT molecular complexity index is 1390. The number of carbonyl (C=O) groups excluding carboxylic acids is 1. The van der Waals surface area contributed by atoms with E-state index >= 15 is 0 Å². The summed E-state index contributed by atoms with van der Waals surface area (Å²) in [5.74, 6) is 0.736. The molecule has 2 aliphatic heterocycles. The van der Waals surface area contributed by atoms with Gasteiger partial charge in [0, 0.05) is 60.1 Å². The molecular formula is C27H26Cl2N6OS. The van der Waals surface area contributed by atoms with Gasteiger partial charge in [0.1, 0.15) is 5.82 Å². The molecule has 2 aromatic carbocycles. The molecule has 1 N–H and O–H groups in total. The minimum atomic E-state index is -0.925. The van der Waals surface area contributed by atoms with Crippen molar-refractivity contribution in [3.8, 4) is 0 Å². The molecule has 37 heavy (non-hydrogen) atoms. The fourth-order valence-corrected chi connectivity index (χ4v) is 5.25. The van der Waals surface area contributed by atoms with Crippen LogP contribution in [0.25, 0.3) is 0 Å². The second-order valence-electron chi connectivity index (χ2n) is 8.98. The minimum absolute atomic E-state index is 0.226. The van der Waals surface area contributed by atoms with E-state index in [1.165, 1.54) is 0 Å². The van der Waals surface area contributed by atoms with Crippen LogP contribution < -0.4 is 15.1 Å². The molecule has 0 radical (unpaired) electrons. The molecule has 1 fully saturated rings. The average Bonchev–Trinajstić information content (AvgIpc) is 2.99. The quantitative estimate of drug-likeness (QED) is 0.481. The SMILES string of the molecule is Cc1cccc(N2CCN(C(=S)NC3N=C(c4ccccc4Cl)c4cc(Cl)ccc4N(C)C3=O)CC2)n1. The number of rotatable bonds is 3. The Morgan fingerprint density at radius 1 is 1.00 bits per heavy atom. The van der Waals surface area contributed by atoms with Gasteiger partial charge in [0.25, 0.3) is 5.91 Å². The molecule has 1 aromatic heterocycles. The van der Waals surface area contributed by atoms with Crippen molar-refractivity contribution in [1.29, 1.82) is 0 Å². The molecule has 3 heterocycles. The van der Waals surface area contributed by atoms with E-state index in [0.717, 1.165) is 30.2 Å². The zero-order valence-corrected chi connectivity index (χ0v) is 22.8. The van der Waals surface area contributed by atoms with E-state index in [4.69, 9.17) is 40.4 Å². The highest BCUT2D eigenvalue weighted by atomic mass is 35.5. The van der Waals surface area contributed by atoms with Crippen molar-refractivity contribution in [1.82, 2.24) is 15.2 Å². The van der Waals surface area contributed by atoms with Crippen molar-refractivity contribution < 1.29 is 4.79 Å². The summed E-state index contributed by atoms with van der Waals surface area (Å²) >= 11 is 18.7. The molecule has 2 aliphatic rings. The normalized spacial score (nSPS) is 17.7. The summed E-state index contributed by atoms with van der Waals surface area (Å²) < 4.78 is 0. The zero-order valence-electron chi connectivity index (χ0n) is 20.5. The van der Waals surface area contributed by atoms with Crippen molar-refractivity contribution in [3.05, 3.63) is 87.5 Å². The third-order valence-electron chi connectivity index (χ3n) is 6.55. The van der Waals surface area contributed by atoms with Gasteiger partial charge in [0.2, 0.25) is 6.17 Å². The first-order valence-corrected chi connectivity index (χ1v) is 13.1. The monoisotopic (exact) mass is 552 g/mol. The number of nitrogens with one attached hydrogen (secondary N) is 1. The van der Waals surface area contributed by atoms with Gasteiger partial charge in [-0.3, -0.25) is 4.79 Å². The van der Waals surface area contributed by atoms with Crippen LogP contribution in [0.3, 0.4) is 0 Å². The number of benzene rings is 2. The summed E-state index contributed by atoms with van der Waals surface area (Å²) in [4.78, 5) is 28.9. The lowest BCUT2D eigenvalue weighted by molar-refractivity contribution is -0.119. The van der Waals surface area contributed by atoms with Crippen LogP contribution in [0.1, 0.15) is 16.8 Å². The van der Waals surface area contributed by atoms with E-state index < -0.39 is 6.17 Å². The standard InChI is InChI=1S/C27H26Cl2N6OS/c1-17-6-5-9-23(30-17)34-12-14-35(15-13-34)27(37)32-25-26(36)33(2)22-11-10-18(28)16-20(22)24(31-25)19-7-3-4-8-21(19)29/h3-11,16,25H,12-15H2,1-2H3,(H,32,37). The first-order valence-electron chi connectivity index (χ1n) is 12.0. The minimum Gasteiger partial charge on any atom is -0.353 e. The van der Waals surface area contributed by atoms with Crippen LogP contribution in [0.4, 0.5) is 11.5 Å². The largest absolute Gasteiger partial charge is 0.353 e. The Morgan fingerprint density at radius 3 is 2.49 bits per heavy atom. The highest BCUT2D eigenvalue weighted by Crippen LogP contribution is 2.32. The van der Waals surface area contributed by atoms with Crippen molar-refractivity contribution in [2.24, 2.45) is 4.99 Å². The van der Waals surface area contributed by atoms with Crippen molar-refractivity contribution in [2.75, 3.05) is 43.0 Å². The summed E-state index contributed by atoms with van der Waals surface area (Å²) in [5, 5.41) is 4.77. The molecule has 0 spiro atoms. The maximum absolute atomic E-state index is 13.5. The molecule has 7 nitrogen and oxygen atoms in total. The van der Waals surface area contributed by atoms with Gasteiger partial charge in [0.15, 0.2) is 5.11 Å². The van der Waals surface area contributed by atoms with Gasteiger partial charge in [-0.2, -0.15) is 0 Å². The molecule has 5 rings (SSSR count). The number of benzodiazepines with no additional fused rings is 1. The molecule has 1 atom stereocenters. The molecule has 10 heteroatoms. The Balaban J connectivity index is 1.40. The van der Waals surface area contributed by atoms with Gasteiger partial charge in [-0.15, -0.1) is 0 Å². The van der Waals surface area contributed by atoms with Crippen molar-refractivity contribution in [2.45, 2.75) is 13.1 Å². The number of amides is 1. The fraction of sp³-hybridized carbons (Fsp3) is 0.259. The van der Waals surface area contributed by atoms with Crippen LogP contribution >= 0.6 is 35.4 Å². The number of aliphatic imine (C=N–C) groups is 1. The molecule has 190 valence electrons. The number of likely N-dealkylation sites (N-methyl/N-ethyl adjacent to an activating group) is 1. The van der Waals surface area contributed by atoms with Crippen LogP contribution in [-0.2, 0) is 4.79 Å². The number of aromatic nitrogens is 1. The number of halogens is 2. The first kappa shape index (κ1) is 25.4. The van der Waals surface area contributed by atoms with Crippen molar-refractivity contribution in [3.63, 3.8) is 0 Å². The summed E-state index contributed by atoms with van der Waals surface area (Å²) in [7, 11) is 1.73. The number of anilines is 2. The highest BCUT2D eigenvalue weighted by molar-refractivity contribution is 7.80. The van der Waals surface area contributed by atoms with Crippen LogP contribution in [0.2, 0.25) is 10.0 Å². The summed E-state index contributed by atoms with van der Waals surface area (Å²) in [6.45, 7) is 4.94. The van der Waals surface area contributed by atoms with E-state index in [1.54, 1.807) is 24.1 Å². The van der Waals surface area contributed by atoms with E-state index in [-0.39, 0.29) is 5.91 Å². The summed E-state index contributed by atoms with van der Waals surface area (Å²) in [5.41, 5.74) is 3.71. The van der Waals surface area contributed by atoms with E-state index in [9.17, 15) is 4.79 Å². The second-order valence-corrected chi connectivity index (χ2v) is 10.2. The van der Waals surface area contributed by atoms with Crippen LogP contribution in [0, 0.1) is 6.92 Å². The first-order chi connectivity index (χ1) is 17.8. The van der Waals surface area contributed by atoms with Crippen LogP contribution in [-0.4, -0.2) is 66.0 Å². The van der Waals surface area contributed by atoms with Gasteiger partial charge in [-0.1, -0.05) is 47.5 Å². The Kier molecular flexibility index (Phi) is 7.33. The molecule has 0 aliphatic carbocycles. The number of piperazine rings is 1. The number of aryl methyl sites for hydroxylation is 1. The maximum Gasteiger partial charge on any atom is 0.272 e. The Hall–Kier alpha value is -3.20. The third kappa shape index (κ3) is 5.28. The number of hydrogen-bond acceptors (Lipinski definition) is 5. The lowest BCUT2D eigenvalue weighted by Gasteiger charge is -2.37. The number of pyridine rings is 1. The van der Waals surface area contributed by atoms with Crippen LogP contribution in [0.5, 0.6) is 0 Å². The Morgan fingerprint density at radius 2 is 1.76 bits per heavy atom. The fourth-order valence-electron chi connectivity index (χ4n) is 4.56. The summed E-state index contributed by atoms with van der Waals surface area (Å²) in [6, 6.07) is 18.8. The van der Waals surface area contributed by atoms with Crippen LogP contribution in [0.15, 0.2) is 65.7 Å². The number of thiocarbonyl (C=S) groups is 1. The molecule has 1 amide bonds. The zero-order chi connectivity index (χ0) is 26.1. The summed E-state index contributed by atoms with van der Waals surface area (Å²) in [6.07, 6.45) is -0.925. The maximum atomic E-state index is 13.5. The van der Waals surface area contributed by atoms with Gasteiger partial charge in [-0.25, -0.2) is 9.98 Å². The van der Waals surface area contributed by atoms with E-state index in [2.05, 4.69) is 20.1 Å². The molecule has 3 aromatic rings. The molecule has 1 saturated heterocycles. The van der Waals surface area contributed by atoms with Gasteiger partial charge in [0.05, 0.1) is 11.4 Å². The molecular weight excluding hydrogens is 527 g/mol. The highest BCUT2D eigenvalue weighted by Gasteiger charge is 2.32. The van der Waals surface area contributed by atoms with Gasteiger partial charge >= 0.3 is 0 Å². The number of fused-ring (bicyclic) bond motifs is 1. The van der Waals surface area contributed by atoms with E-state index in [0.29, 0.717) is 45.2 Å².